The highest BCUT2D eigenvalue weighted by Gasteiger charge is 2.10. The van der Waals surface area contributed by atoms with Gasteiger partial charge in [-0.1, -0.05) is 6.07 Å². The second-order valence-electron chi connectivity index (χ2n) is 4.94. The molecule has 0 aliphatic rings. The number of fused-ring (bicyclic) bond motifs is 1. The van der Waals surface area contributed by atoms with Crippen LogP contribution in [-0.4, -0.2) is 20.4 Å². The number of amides is 1. The molecule has 0 unspecified atom stereocenters. The van der Waals surface area contributed by atoms with E-state index < -0.39 is 5.69 Å². The Kier molecular flexibility index (Phi) is 4.33. The number of hydrogen-bond donors (Lipinski definition) is 2. The van der Waals surface area contributed by atoms with Crippen LogP contribution in [0.5, 0.6) is 0 Å². The van der Waals surface area contributed by atoms with Crippen LogP contribution in [0.4, 0.5) is 0 Å². The maximum Gasteiger partial charge on any atom is 0.328 e. The van der Waals surface area contributed by atoms with E-state index in [-0.39, 0.29) is 24.4 Å². The van der Waals surface area contributed by atoms with E-state index in [0.29, 0.717) is 16.8 Å². The van der Waals surface area contributed by atoms with Crippen molar-refractivity contribution in [3.63, 3.8) is 0 Å². The summed E-state index contributed by atoms with van der Waals surface area (Å²) < 4.78 is 1.54. The molecule has 2 N–H and O–H groups in total. The van der Waals surface area contributed by atoms with Crippen molar-refractivity contribution < 1.29 is 4.79 Å². The summed E-state index contributed by atoms with van der Waals surface area (Å²) in [5.74, 6) is -0.230. The highest BCUT2D eigenvalue weighted by Crippen LogP contribution is 2.11. The number of aromatic amines is 1. The van der Waals surface area contributed by atoms with E-state index in [4.69, 9.17) is 0 Å². The first-order valence-corrected chi connectivity index (χ1v) is 7.89. The van der Waals surface area contributed by atoms with Gasteiger partial charge in [0, 0.05) is 31.9 Å². The van der Waals surface area contributed by atoms with E-state index in [2.05, 4.69) is 15.3 Å². The predicted octanol–water partition coefficient (Wildman–Crippen LogP) is 0.853. The van der Waals surface area contributed by atoms with Crippen molar-refractivity contribution >= 4 is 27.5 Å². The molecule has 3 rings (SSSR count). The Morgan fingerprint density at radius 2 is 2.22 bits per heavy atom. The first-order valence-electron chi connectivity index (χ1n) is 7.01. The van der Waals surface area contributed by atoms with Gasteiger partial charge in [-0.15, -0.1) is 11.3 Å². The van der Waals surface area contributed by atoms with Crippen molar-refractivity contribution in [1.82, 2.24) is 19.9 Å². The SMILES string of the molecule is O=C(CCn1c(=O)[nH]c2ccsc2c1=O)NCc1cccnc1. The van der Waals surface area contributed by atoms with E-state index in [9.17, 15) is 14.4 Å². The Bertz CT molecular complexity index is 943. The van der Waals surface area contributed by atoms with Crippen LogP contribution in [0.2, 0.25) is 0 Å². The lowest BCUT2D eigenvalue weighted by molar-refractivity contribution is -0.121. The van der Waals surface area contributed by atoms with Gasteiger partial charge in [0.2, 0.25) is 5.91 Å². The molecule has 0 aromatic carbocycles. The number of carbonyl (C=O) groups is 1. The van der Waals surface area contributed by atoms with Gasteiger partial charge in [-0.05, 0) is 23.1 Å². The number of hydrogen-bond acceptors (Lipinski definition) is 5. The van der Waals surface area contributed by atoms with Gasteiger partial charge in [0.25, 0.3) is 5.56 Å². The molecule has 3 aromatic rings. The minimum Gasteiger partial charge on any atom is -0.352 e. The molecule has 1 amide bonds. The molecular formula is C15H14N4O3S. The second-order valence-corrected chi connectivity index (χ2v) is 5.85. The lowest BCUT2D eigenvalue weighted by Gasteiger charge is -2.06. The van der Waals surface area contributed by atoms with Gasteiger partial charge in [-0.2, -0.15) is 0 Å². The molecule has 0 radical (unpaired) electrons. The van der Waals surface area contributed by atoms with Gasteiger partial charge in [0.15, 0.2) is 0 Å². The maximum atomic E-state index is 12.2. The summed E-state index contributed by atoms with van der Waals surface area (Å²) in [7, 11) is 0. The quantitative estimate of drug-likeness (QED) is 0.725. The van der Waals surface area contributed by atoms with E-state index in [0.717, 1.165) is 10.1 Å². The van der Waals surface area contributed by atoms with Crippen molar-refractivity contribution in [2.24, 2.45) is 0 Å². The molecule has 0 bridgehead atoms. The molecule has 0 spiro atoms. The molecule has 3 heterocycles. The normalized spacial score (nSPS) is 10.8. The molecule has 118 valence electrons. The standard InChI is InChI=1S/C15H14N4O3S/c20-12(17-9-10-2-1-5-16-8-10)3-6-19-14(21)13-11(4-7-23-13)18-15(19)22/h1-2,4-5,7-8H,3,6,9H2,(H,17,20)(H,18,22). The number of H-pyrrole nitrogens is 1. The molecule has 23 heavy (non-hydrogen) atoms. The van der Waals surface area contributed by atoms with Crippen LogP contribution in [0.3, 0.4) is 0 Å². The summed E-state index contributed by atoms with van der Waals surface area (Å²) in [6.45, 7) is 0.406. The van der Waals surface area contributed by atoms with E-state index in [1.807, 2.05) is 6.07 Å². The smallest absolute Gasteiger partial charge is 0.328 e. The van der Waals surface area contributed by atoms with Crippen LogP contribution in [-0.2, 0) is 17.9 Å². The van der Waals surface area contributed by atoms with Gasteiger partial charge in [-0.3, -0.25) is 19.1 Å². The third-order valence-corrected chi connectivity index (χ3v) is 4.27. The summed E-state index contributed by atoms with van der Waals surface area (Å²) in [5.41, 5.74) is 0.554. The molecule has 8 heteroatoms. The Hall–Kier alpha value is -2.74. The summed E-state index contributed by atoms with van der Waals surface area (Å²) in [6.07, 6.45) is 3.38. The zero-order valence-corrected chi connectivity index (χ0v) is 12.9. The number of carbonyl (C=O) groups excluding carboxylic acids is 1. The minimum absolute atomic E-state index is 0.0425. The van der Waals surface area contributed by atoms with Gasteiger partial charge >= 0.3 is 5.69 Å². The Labute approximate surface area is 134 Å². The largest absolute Gasteiger partial charge is 0.352 e. The van der Waals surface area contributed by atoms with Crippen LogP contribution in [0.25, 0.3) is 10.2 Å². The number of thiophene rings is 1. The van der Waals surface area contributed by atoms with Gasteiger partial charge < -0.3 is 10.3 Å². The molecular weight excluding hydrogens is 316 g/mol. The Balaban J connectivity index is 1.65. The first-order chi connectivity index (χ1) is 11.1. The van der Waals surface area contributed by atoms with Crippen LogP contribution in [0, 0.1) is 0 Å². The van der Waals surface area contributed by atoms with Crippen molar-refractivity contribution in [3.8, 4) is 0 Å². The summed E-state index contributed by atoms with van der Waals surface area (Å²) in [4.78, 5) is 42.6. The topological polar surface area (TPSA) is 96.9 Å². The maximum absolute atomic E-state index is 12.2. The monoisotopic (exact) mass is 330 g/mol. The number of pyridine rings is 1. The zero-order chi connectivity index (χ0) is 16.2. The van der Waals surface area contributed by atoms with Crippen LogP contribution < -0.4 is 16.6 Å². The van der Waals surface area contributed by atoms with Crippen molar-refractivity contribution in [3.05, 3.63) is 62.4 Å². The minimum atomic E-state index is -0.499. The molecule has 0 atom stereocenters. The van der Waals surface area contributed by atoms with E-state index in [1.54, 1.807) is 29.9 Å². The van der Waals surface area contributed by atoms with Crippen molar-refractivity contribution in [2.45, 2.75) is 19.5 Å². The number of nitrogens with one attached hydrogen (secondary N) is 2. The fourth-order valence-electron chi connectivity index (χ4n) is 2.18. The third-order valence-electron chi connectivity index (χ3n) is 3.37. The second kappa shape index (κ2) is 6.57. The van der Waals surface area contributed by atoms with Gasteiger partial charge in [-0.25, -0.2) is 4.79 Å². The highest BCUT2D eigenvalue weighted by molar-refractivity contribution is 7.17. The fraction of sp³-hybridized carbons (Fsp3) is 0.200. The van der Waals surface area contributed by atoms with E-state index in [1.165, 1.54) is 11.3 Å². The zero-order valence-electron chi connectivity index (χ0n) is 12.1. The highest BCUT2D eigenvalue weighted by atomic mass is 32.1. The Morgan fingerprint density at radius 1 is 1.35 bits per heavy atom. The average Bonchev–Trinajstić information content (AvgIpc) is 3.02. The molecule has 0 saturated carbocycles. The molecule has 3 aromatic heterocycles. The van der Waals surface area contributed by atoms with Crippen LogP contribution >= 0.6 is 11.3 Å². The molecule has 7 nitrogen and oxygen atoms in total. The Morgan fingerprint density at radius 3 is 3.00 bits per heavy atom. The van der Waals surface area contributed by atoms with Crippen molar-refractivity contribution in [1.29, 1.82) is 0 Å². The van der Waals surface area contributed by atoms with Gasteiger partial charge in [0.05, 0.1) is 5.52 Å². The fourth-order valence-corrected chi connectivity index (χ4v) is 2.98. The summed E-state index contributed by atoms with van der Waals surface area (Å²) >= 11 is 1.27. The van der Waals surface area contributed by atoms with Crippen LogP contribution in [0.15, 0.2) is 45.6 Å². The predicted molar refractivity (Wildman–Crippen MR) is 87.4 cm³/mol. The molecule has 0 aliphatic heterocycles. The lowest BCUT2D eigenvalue weighted by atomic mass is 10.3. The number of aromatic nitrogens is 3. The lowest BCUT2D eigenvalue weighted by Crippen LogP contribution is -2.36. The molecule has 0 fully saturated rings. The first kappa shape index (κ1) is 15.2. The molecule has 0 aliphatic carbocycles. The van der Waals surface area contributed by atoms with E-state index >= 15 is 0 Å². The number of rotatable bonds is 5. The summed E-state index contributed by atoms with van der Waals surface area (Å²) in [6, 6.07) is 5.33. The average molecular weight is 330 g/mol. The van der Waals surface area contributed by atoms with Gasteiger partial charge in [0.1, 0.15) is 4.70 Å². The number of nitrogens with zero attached hydrogens (tertiary/aromatic N) is 2. The van der Waals surface area contributed by atoms with Crippen LogP contribution in [0.1, 0.15) is 12.0 Å². The third kappa shape index (κ3) is 3.37. The van der Waals surface area contributed by atoms with Crippen molar-refractivity contribution in [2.75, 3.05) is 0 Å². The summed E-state index contributed by atoms with van der Waals surface area (Å²) in [5, 5.41) is 4.48. The molecule has 0 saturated heterocycles.